The van der Waals surface area contributed by atoms with Crippen molar-refractivity contribution in [3.8, 4) is 0 Å². The van der Waals surface area contributed by atoms with Crippen LogP contribution >= 0.6 is 0 Å². The zero-order valence-electron chi connectivity index (χ0n) is 17.4. The Labute approximate surface area is 176 Å². The normalized spacial score (nSPS) is 23.1. The van der Waals surface area contributed by atoms with Gasteiger partial charge in [0.25, 0.3) is 5.91 Å². The second-order valence-electron chi connectivity index (χ2n) is 8.40. The van der Waals surface area contributed by atoms with E-state index in [1.165, 1.54) is 11.1 Å². The molecule has 0 bridgehead atoms. The number of hydrogen-bond donors (Lipinski definition) is 2. The van der Waals surface area contributed by atoms with Crippen LogP contribution in [-0.2, 0) is 21.5 Å². The highest BCUT2D eigenvalue weighted by atomic mass is 16.2. The number of benzene rings is 2. The minimum absolute atomic E-state index is 0.264. The monoisotopic (exact) mass is 405 g/mol. The van der Waals surface area contributed by atoms with Gasteiger partial charge in [0.2, 0.25) is 5.91 Å². The highest BCUT2D eigenvalue weighted by Gasteiger charge is 2.49. The van der Waals surface area contributed by atoms with E-state index in [0.29, 0.717) is 12.1 Å². The number of urea groups is 1. The van der Waals surface area contributed by atoms with Crippen molar-refractivity contribution in [3.05, 3.63) is 70.8 Å². The van der Waals surface area contributed by atoms with Crippen molar-refractivity contribution in [2.24, 2.45) is 0 Å². The molecular formula is C24H27N3O3. The van der Waals surface area contributed by atoms with Crippen LogP contribution in [0, 0.1) is 6.92 Å². The van der Waals surface area contributed by atoms with Gasteiger partial charge < -0.3 is 10.6 Å². The third kappa shape index (κ3) is 3.70. The van der Waals surface area contributed by atoms with E-state index in [-0.39, 0.29) is 18.4 Å². The van der Waals surface area contributed by atoms with Crippen molar-refractivity contribution in [2.75, 3.05) is 13.1 Å². The molecule has 0 spiro atoms. The maximum Gasteiger partial charge on any atom is 0.325 e. The first kappa shape index (κ1) is 20.1. The van der Waals surface area contributed by atoms with E-state index in [9.17, 15) is 14.4 Å². The summed E-state index contributed by atoms with van der Waals surface area (Å²) in [4.78, 5) is 39.0. The van der Waals surface area contributed by atoms with Crippen molar-refractivity contribution in [1.29, 1.82) is 0 Å². The quantitative estimate of drug-likeness (QED) is 0.751. The van der Waals surface area contributed by atoms with Crippen LogP contribution in [0.5, 0.6) is 0 Å². The van der Waals surface area contributed by atoms with Crippen LogP contribution in [0.2, 0.25) is 0 Å². The zero-order valence-corrected chi connectivity index (χ0v) is 17.4. The molecule has 0 radical (unpaired) electrons. The topological polar surface area (TPSA) is 78.5 Å². The molecule has 1 fully saturated rings. The number of amides is 4. The van der Waals surface area contributed by atoms with Gasteiger partial charge in [0, 0.05) is 12.5 Å². The Kier molecular flexibility index (Phi) is 5.33. The fraction of sp³-hybridized carbons (Fsp3) is 0.375. The van der Waals surface area contributed by atoms with Gasteiger partial charge in [-0.3, -0.25) is 14.5 Å². The molecule has 2 N–H and O–H groups in total. The number of hydrogen-bond acceptors (Lipinski definition) is 3. The number of aryl methyl sites for hydroxylation is 2. The van der Waals surface area contributed by atoms with Crippen molar-refractivity contribution in [2.45, 2.75) is 44.6 Å². The summed E-state index contributed by atoms with van der Waals surface area (Å²) in [6.07, 6.45) is 3.19. The second-order valence-corrected chi connectivity index (χ2v) is 8.40. The Morgan fingerprint density at radius 3 is 2.67 bits per heavy atom. The predicted octanol–water partition coefficient (Wildman–Crippen LogP) is 3.00. The van der Waals surface area contributed by atoms with Gasteiger partial charge in [0.1, 0.15) is 12.1 Å². The van der Waals surface area contributed by atoms with Crippen molar-refractivity contribution < 1.29 is 14.4 Å². The zero-order chi connectivity index (χ0) is 21.3. The van der Waals surface area contributed by atoms with Gasteiger partial charge in [-0.2, -0.15) is 0 Å². The van der Waals surface area contributed by atoms with Gasteiger partial charge in [0.05, 0.1) is 0 Å². The summed E-state index contributed by atoms with van der Waals surface area (Å²) in [5.74, 6) is -0.468. The Hall–Kier alpha value is -3.15. The van der Waals surface area contributed by atoms with E-state index >= 15 is 0 Å². The molecule has 1 aliphatic carbocycles. The van der Waals surface area contributed by atoms with Crippen LogP contribution < -0.4 is 10.6 Å². The van der Waals surface area contributed by atoms with E-state index in [2.05, 4.69) is 22.8 Å². The Balaban J connectivity index is 1.40. The van der Waals surface area contributed by atoms with Gasteiger partial charge in [-0.15, -0.1) is 0 Å². The lowest BCUT2D eigenvalue weighted by Crippen LogP contribution is -2.44. The summed E-state index contributed by atoms with van der Waals surface area (Å²) < 4.78 is 0. The molecule has 6 nitrogen and oxygen atoms in total. The van der Waals surface area contributed by atoms with Crippen LogP contribution in [0.15, 0.2) is 48.5 Å². The summed E-state index contributed by atoms with van der Waals surface area (Å²) >= 11 is 0. The number of nitrogens with zero attached hydrogens (tertiary/aromatic N) is 1. The van der Waals surface area contributed by atoms with Crippen LogP contribution in [0.1, 0.15) is 47.9 Å². The molecule has 1 saturated heterocycles. The van der Waals surface area contributed by atoms with E-state index < -0.39 is 17.5 Å². The molecule has 0 aromatic heterocycles. The molecule has 2 unspecified atom stereocenters. The number of nitrogens with one attached hydrogen (secondary N) is 2. The number of carbonyl (C=O) groups excluding carboxylic acids is 3. The molecule has 0 saturated carbocycles. The molecule has 4 rings (SSSR count). The first-order valence-corrected chi connectivity index (χ1v) is 10.4. The fourth-order valence-corrected chi connectivity index (χ4v) is 4.43. The molecule has 6 heteroatoms. The van der Waals surface area contributed by atoms with Crippen LogP contribution in [0.3, 0.4) is 0 Å². The highest BCUT2D eigenvalue weighted by Crippen LogP contribution is 2.31. The number of carbonyl (C=O) groups is 3. The third-order valence-electron chi connectivity index (χ3n) is 6.24. The highest BCUT2D eigenvalue weighted by molar-refractivity contribution is 6.09. The molecule has 2 atom stereocenters. The summed E-state index contributed by atoms with van der Waals surface area (Å²) in [7, 11) is 0. The van der Waals surface area contributed by atoms with Gasteiger partial charge in [0.15, 0.2) is 0 Å². The molecule has 30 heavy (non-hydrogen) atoms. The van der Waals surface area contributed by atoms with E-state index in [1.807, 2.05) is 43.3 Å². The van der Waals surface area contributed by atoms with E-state index in [0.717, 1.165) is 29.7 Å². The minimum atomic E-state index is -1.16. The second kappa shape index (κ2) is 7.94. The standard InChI is InChI=1S/C24H27N3O3/c1-16-10-12-19(13-11-16)24(2)22(29)27(23(30)26-24)15-21(28)25-14-18-8-5-7-17-6-3-4-9-20(17)18/h3-4,6,9-13,18H,5,7-8,14-15H2,1-2H3,(H,25,28)(H,26,30). The van der Waals surface area contributed by atoms with Crippen LogP contribution in [-0.4, -0.2) is 35.8 Å². The average Bonchev–Trinajstić information content (AvgIpc) is 2.96. The lowest BCUT2D eigenvalue weighted by molar-refractivity contribution is -0.134. The number of fused-ring (bicyclic) bond motifs is 1. The summed E-state index contributed by atoms with van der Waals surface area (Å²) in [5.41, 5.74) is 3.23. The Bertz CT molecular complexity index is 985. The van der Waals surface area contributed by atoms with E-state index in [1.54, 1.807) is 6.92 Å². The number of rotatable bonds is 5. The third-order valence-corrected chi connectivity index (χ3v) is 6.24. The summed E-state index contributed by atoms with van der Waals surface area (Å²) in [5, 5.41) is 5.67. The first-order chi connectivity index (χ1) is 14.4. The molecule has 156 valence electrons. The Morgan fingerprint density at radius 1 is 1.17 bits per heavy atom. The molecule has 2 aromatic carbocycles. The molecule has 2 aromatic rings. The molecule has 1 aliphatic heterocycles. The van der Waals surface area contributed by atoms with Crippen molar-refractivity contribution in [3.63, 3.8) is 0 Å². The SMILES string of the molecule is Cc1ccc(C2(C)NC(=O)N(CC(=O)NCC3CCCc4ccccc43)C2=O)cc1. The minimum Gasteiger partial charge on any atom is -0.354 e. The largest absolute Gasteiger partial charge is 0.354 e. The van der Waals surface area contributed by atoms with Crippen LogP contribution in [0.4, 0.5) is 4.79 Å². The van der Waals surface area contributed by atoms with Crippen molar-refractivity contribution in [1.82, 2.24) is 15.5 Å². The lowest BCUT2D eigenvalue weighted by atomic mass is 9.83. The summed E-state index contributed by atoms with van der Waals surface area (Å²) in [6.45, 7) is 3.87. The van der Waals surface area contributed by atoms with E-state index in [4.69, 9.17) is 0 Å². The number of imide groups is 1. The fourth-order valence-electron chi connectivity index (χ4n) is 4.43. The maximum absolute atomic E-state index is 13.0. The predicted molar refractivity (Wildman–Crippen MR) is 114 cm³/mol. The van der Waals surface area contributed by atoms with Crippen LogP contribution in [0.25, 0.3) is 0 Å². The lowest BCUT2D eigenvalue weighted by Gasteiger charge is -2.26. The molecular weight excluding hydrogens is 378 g/mol. The Morgan fingerprint density at radius 2 is 1.90 bits per heavy atom. The smallest absolute Gasteiger partial charge is 0.325 e. The molecule has 2 aliphatic rings. The van der Waals surface area contributed by atoms with Gasteiger partial charge >= 0.3 is 6.03 Å². The molecule has 1 heterocycles. The first-order valence-electron chi connectivity index (χ1n) is 10.4. The van der Waals surface area contributed by atoms with Gasteiger partial charge in [-0.05, 0) is 49.8 Å². The average molecular weight is 405 g/mol. The van der Waals surface area contributed by atoms with Crippen molar-refractivity contribution >= 4 is 17.8 Å². The van der Waals surface area contributed by atoms with Gasteiger partial charge in [-0.25, -0.2) is 4.79 Å². The summed E-state index contributed by atoms with van der Waals surface area (Å²) in [6, 6.07) is 15.3. The molecule has 4 amide bonds. The van der Waals surface area contributed by atoms with Gasteiger partial charge in [-0.1, -0.05) is 54.1 Å². The maximum atomic E-state index is 13.0.